The first kappa shape index (κ1) is 20.8. The van der Waals surface area contributed by atoms with E-state index in [1.807, 2.05) is 37.4 Å². The maximum Gasteiger partial charge on any atom is 0.183 e. The molecule has 0 saturated heterocycles. The van der Waals surface area contributed by atoms with Crippen LogP contribution in [0.25, 0.3) is 33.1 Å². The molecule has 0 aliphatic carbocycles. The molecule has 6 aromatic rings. The van der Waals surface area contributed by atoms with Gasteiger partial charge in [0, 0.05) is 35.8 Å². The van der Waals surface area contributed by atoms with Gasteiger partial charge in [-0.2, -0.15) is 0 Å². The summed E-state index contributed by atoms with van der Waals surface area (Å²) in [5.74, 6) is 1.47. The average molecular weight is 489 g/mol. The van der Waals surface area contributed by atoms with E-state index < -0.39 is 0 Å². The Labute approximate surface area is 203 Å². The number of hydrogen-bond acceptors (Lipinski definition) is 6. The largest absolute Gasteiger partial charge is 0.362 e. The number of imidazole rings is 1. The number of rotatable bonds is 5. The SMILES string of the molecule is CC(Nc1ncnc2nc(Cc3ccc4ncc(Cl)cc4c3)[nH]c12)c1cnc2[nH]cc(Cl)c2c1. The number of nitrogens with one attached hydrogen (secondary N) is 3. The van der Waals surface area contributed by atoms with Crippen molar-refractivity contribution in [3.05, 3.63) is 82.2 Å². The number of hydrogen-bond donors (Lipinski definition) is 3. The van der Waals surface area contributed by atoms with Crippen LogP contribution in [0.4, 0.5) is 5.82 Å². The summed E-state index contributed by atoms with van der Waals surface area (Å²) in [6, 6.07) is 9.97. The van der Waals surface area contributed by atoms with E-state index in [9.17, 15) is 0 Å². The first-order valence-electron chi connectivity index (χ1n) is 10.7. The minimum absolute atomic E-state index is 0.0644. The van der Waals surface area contributed by atoms with Crippen LogP contribution in [0.15, 0.2) is 55.2 Å². The molecule has 34 heavy (non-hydrogen) atoms. The van der Waals surface area contributed by atoms with Gasteiger partial charge in [-0.3, -0.25) is 4.98 Å². The van der Waals surface area contributed by atoms with E-state index in [1.54, 1.807) is 12.4 Å². The van der Waals surface area contributed by atoms with Crippen LogP contribution in [0.3, 0.4) is 0 Å². The molecule has 1 aromatic carbocycles. The highest BCUT2D eigenvalue weighted by Crippen LogP contribution is 2.28. The number of aromatic nitrogens is 7. The Kier molecular flexibility index (Phi) is 5.04. The van der Waals surface area contributed by atoms with Crippen LogP contribution >= 0.6 is 23.2 Å². The van der Waals surface area contributed by atoms with Gasteiger partial charge < -0.3 is 15.3 Å². The fraction of sp³-hybridized carbons (Fsp3) is 0.125. The highest BCUT2D eigenvalue weighted by molar-refractivity contribution is 6.35. The van der Waals surface area contributed by atoms with Crippen LogP contribution in [0.1, 0.15) is 29.9 Å². The lowest BCUT2D eigenvalue weighted by molar-refractivity contribution is 0.870. The molecule has 0 aliphatic rings. The van der Waals surface area contributed by atoms with Crippen molar-refractivity contribution >= 4 is 62.1 Å². The topological polar surface area (TPSA) is 108 Å². The highest BCUT2D eigenvalue weighted by atomic mass is 35.5. The lowest BCUT2D eigenvalue weighted by atomic mass is 10.1. The fourth-order valence-electron chi connectivity index (χ4n) is 4.04. The second kappa shape index (κ2) is 8.23. The standard InChI is InChI=1S/C24H18Cl2N8/c1-12(15-7-17-18(26)10-29-22(17)28-8-15)32-23-21-24(31-11-30-23)34-20(33-21)5-13-2-3-19-14(4-13)6-16(25)9-27-19/h2-4,6-12H,5H2,1H3,(H,28,29)(H2,30,31,32,33,34). The number of halogens is 2. The molecule has 8 nitrogen and oxygen atoms in total. The average Bonchev–Trinajstić information content (AvgIpc) is 3.42. The van der Waals surface area contributed by atoms with Crippen LogP contribution in [-0.2, 0) is 6.42 Å². The molecule has 0 radical (unpaired) electrons. The number of benzene rings is 1. The fourth-order valence-corrected chi connectivity index (χ4v) is 4.40. The van der Waals surface area contributed by atoms with E-state index >= 15 is 0 Å². The molecule has 3 N–H and O–H groups in total. The highest BCUT2D eigenvalue weighted by Gasteiger charge is 2.15. The minimum atomic E-state index is -0.0644. The number of aromatic amines is 2. The van der Waals surface area contributed by atoms with E-state index in [-0.39, 0.29) is 6.04 Å². The predicted octanol–water partition coefficient (Wildman–Crippen LogP) is 5.85. The summed E-state index contributed by atoms with van der Waals surface area (Å²) in [5.41, 5.74) is 5.10. The smallest absolute Gasteiger partial charge is 0.183 e. The van der Waals surface area contributed by atoms with Gasteiger partial charge in [0.15, 0.2) is 11.5 Å². The van der Waals surface area contributed by atoms with Gasteiger partial charge in [-0.25, -0.2) is 19.9 Å². The van der Waals surface area contributed by atoms with Gasteiger partial charge in [0.2, 0.25) is 0 Å². The normalized spacial score (nSPS) is 12.6. The van der Waals surface area contributed by atoms with Gasteiger partial charge in [-0.15, -0.1) is 0 Å². The molecule has 1 unspecified atom stereocenters. The van der Waals surface area contributed by atoms with Crippen molar-refractivity contribution in [1.29, 1.82) is 0 Å². The number of H-pyrrole nitrogens is 2. The molecule has 168 valence electrons. The summed E-state index contributed by atoms with van der Waals surface area (Å²) in [5, 5.41) is 6.58. The molecule has 6 rings (SSSR count). The van der Waals surface area contributed by atoms with Crippen LogP contribution < -0.4 is 5.32 Å². The van der Waals surface area contributed by atoms with E-state index in [4.69, 9.17) is 23.2 Å². The Bertz CT molecular complexity index is 1670. The Hall–Kier alpha value is -3.75. The summed E-state index contributed by atoms with van der Waals surface area (Å²) < 4.78 is 0. The Morgan fingerprint density at radius 2 is 1.94 bits per heavy atom. The third kappa shape index (κ3) is 3.81. The second-order valence-corrected chi connectivity index (χ2v) is 8.97. The third-order valence-electron chi connectivity index (χ3n) is 5.78. The van der Waals surface area contributed by atoms with Gasteiger partial charge in [-0.05, 0) is 42.3 Å². The van der Waals surface area contributed by atoms with Crippen molar-refractivity contribution in [1.82, 2.24) is 34.9 Å². The molecule has 0 amide bonds. The van der Waals surface area contributed by atoms with Crippen LogP contribution in [0.5, 0.6) is 0 Å². The number of pyridine rings is 2. The van der Waals surface area contributed by atoms with Gasteiger partial charge in [0.25, 0.3) is 0 Å². The predicted molar refractivity (Wildman–Crippen MR) is 134 cm³/mol. The Morgan fingerprint density at radius 3 is 2.85 bits per heavy atom. The zero-order chi connectivity index (χ0) is 23.2. The Balaban J connectivity index is 1.28. The number of anilines is 1. The van der Waals surface area contributed by atoms with Crippen molar-refractivity contribution in [2.24, 2.45) is 0 Å². The monoisotopic (exact) mass is 488 g/mol. The molecule has 0 spiro atoms. The lowest BCUT2D eigenvalue weighted by Crippen LogP contribution is -2.09. The zero-order valence-electron chi connectivity index (χ0n) is 18.0. The van der Waals surface area contributed by atoms with Gasteiger partial charge >= 0.3 is 0 Å². The second-order valence-electron chi connectivity index (χ2n) is 8.13. The first-order chi connectivity index (χ1) is 16.5. The van der Waals surface area contributed by atoms with E-state index in [0.717, 1.165) is 44.4 Å². The van der Waals surface area contributed by atoms with Gasteiger partial charge in [-0.1, -0.05) is 29.3 Å². The molecular formula is C24H18Cl2N8. The van der Waals surface area contributed by atoms with Gasteiger partial charge in [0.05, 0.1) is 21.6 Å². The molecule has 0 saturated carbocycles. The van der Waals surface area contributed by atoms with Crippen molar-refractivity contribution in [2.45, 2.75) is 19.4 Å². The molecule has 0 bridgehead atoms. The van der Waals surface area contributed by atoms with E-state index in [2.05, 4.69) is 46.3 Å². The summed E-state index contributed by atoms with van der Waals surface area (Å²) in [7, 11) is 0. The quantitative estimate of drug-likeness (QED) is 0.281. The third-order valence-corrected chi connectivity index (χ3v) is 6.30. The summed E-state index contributed by atoms with van der Waals surface area (Å²) in [6.07, 6.45) is 7.33. The van der Waals surface area contributed by atoms with Crippen molar-refractivity contribution in [3.8, 4) is 0 Å². The molecule has 5 aromatic heterocycles. The molecular weight excluding hydrogens is 471 g/mol. The molecule has 0 fully saturated rings. The van der Waals surface area contributed by atoms with Crippen molar-refractivity contribution in [2.75, 3.05) is 5.32 Å². The maximum atomic E-state index is 6.26. The van der Waals surface area contributed by atoms with Gasteiger partial charge in [0.1, 0.15) is 23.3 Å². The Morgan fingerprint density at radius 1 is 1.03 bits per heavy atom. The van der Waals surface area contributed by atoms with E-state index in [1.165, 1.54) is 6.33 Å². The van der Waals surface area contributed by atoms with Crippen LogP contribution in [-0.4, -0.2) is 34.9 Å². The lowest BCUT2D eigenvalue weighted by Gasteiger charge is -2.15. The summed E-state index contributed by atoms with van der Waals surface area (Å²) in [6.45, 7) is 2.04. The number of fused-ring (bicyclic) bond motifs is 3. The molecule has 1 atom stereocenters. The zero-order valence-corrected chi connectivity index (χ0v) is 19.5. The number of nitrogens with zero attached hydrogens (tertiary/aromatic N) is 5. The van der Waals surface area contributed by atoms with Crippen molar-refractivity contribution in [3.63, 3.8) is 0 Å². The van der Waals surface area contributed by atoms with Crippen molar-refractivity contribution < 1.29 is 0 Å². The maximum absolute atomic E-state index is 6.26. The van der Waals surface area contributed by atoms with E-state index in [0.29, 0.717) is 27.9 Å². The summed E-state index contributed by atoms with van der Waals surface area (Å²) in [4.78, 5) is 28.7. The minimum Gasteiger partial charge on any atom is -0.362 e. The summed E-state index contributed by atoms with van der Waals surface area (Å²) >= 11 is 12.4. The molecule has 5 heterocycles. The molecule has 0 aliphatic heterocycles. The van der Waals surface area contributed by atoms with Crippen LogP contribution in [0.2, 0.25) is 10.0 Å². The first-order valence-corrected chi connectivity index (χ1v) is 11.4. The van der Waals surface area contributed by atoms with Crippen LogP contribution in [0, 0.1) is 0 Å². The molecule has 10 heteroatoms.